The van der Waals surface area contributed by atoms with E-state index in [0.717, 1.165) is 17.1 Å². The third-order valence-electron chi connectivity index (χ3n) is 3.41. The van der Waals surface area contributed by atoms with Crippen molar-refractivity contribution in [2.45, 2.75) is 31.2 Å². The largest absolute Gasteiger partial charge is 0.497 e. The van der Waals surface area contributed by atoms with Crippen molar-refractivity contribution in [2.75, 3.05) is 20.0 Å². The summed E-state index contributed by atoms with van der Waals surface area (Å²) in [6.07, 6.45) is 0.783. The number of hydrogen-bond acceptors (Lipinski definition) is 5. The maximum absolute atomic E-state index is 12.0. The van der Waals surface area contributed by atoms with E-state index in [1.54, 1.807) is 7.11 Å². The minimum atomic E-state index is -0.598. The molecule has 0 aliphatic heterocycles. The summed E-state index contributed by atoms with van der Waals surface area (Å²) in [5.74, 6) is 0.461. The molecule has 0 saturated carbocycles. The summed E-state index contributed by atoms with van der Waals surface area (Å²) in [7, 11) is 2.94. The Kier molecular flexibility index (Phi) is 7.80. The minimum Gasteiger partial charge on any atom is -0.497 e. The molecule has 1 aromatic rings. The first-order chi connectivity index (χ1) is 10.5. The van der Waals surface area contributed by atoms with Crippen molar-refractivity contribution in [2.24, 2.45) is 5.92 Å². The highest BCUT2D eigenvalue weighted by atomic mass is 32.2. The van der Waals surface area contributed by atoms with E-state index in [4.69, 9.17) is 9.47 Å². The number of carbonyl (C=O) groups is 2. The Morgan fingerprint density at radius 1 is 1.23 bits per heavy atom. The van der Waals surface area contributed by atoms with Crippen LogP contribution in [0.1, 0.15) is 20.3 Å². The predicted molar refractivity (Wildman–Crippen MR) is 87.1 cm³/mol. The van der Waals surface area contributed by atoms with Crippen LogP contribution in [0.3, 0.4) is 0 Å². The summed E-state index contributed by atoms with van der Waals surface area (Å²) in [5, 5.41) is 2.75. The van der Waals surface area contributed by atoms with Gasteiger partial charge >= 0.3 is 5.97 Å². The Bertz CT molecular complexity index is 489. The molecule has 0 heterocycles. The summed E-state index contributed by atoms with van der Waals surface area (Å²) in [5.41, 5.74) is 0. The molecule has 0 aliphatic carbocycles. The van der Waals surface area contributed by atoms with E-state index in [2.05, 4.69) is 5.32 Å². The molecule has 5 nitrogen and oxygen atoms in total. The van der Waals surface area contributed by atoms with Gasteiger partial charge in [0.25, 0.3) is 0 Å². The van der Waals surface area contributed by atoms with Crippen LogP contribution in [0.5, 0.6) is 5.75 Å². The second kappa shape index (κ2) is 9.35. The lowest BCUT2D eigenvalue weighted by atomic mass is 9.99. The molecule has 0 aromatic heterocycles. The molecular formula is C16H23NO4S. The van der Waals surface area contributed by atoms with Gasteiger partial charge in [-0.1, -0.05) is 20.3 Å². The van der Waals surface area contributed by atoms with Gasteiger partial charge in [0.2, 0.25) is 5.91 Å². The molecule has 0 saturated heterocycles. The highest BCUT2D eigenvalue weighted by molar-refractivity contribution is 8.00. The van der Waals surface area contributed by atoms with Gasteiger partial charge in [-0.25, -0.2) is 4.79 Å². The van der Waals surface area contributed by atoms with Gasteiger partial charge in [0.1, 0.15) is 11.8 Å². The summed E-state index contributed by atoms with van der Waals surface area (Å²) in [6, 6.07) is 6.87. The molecule has 0 radical (unpaired) electrons. The number of amides is 1. The molecule has 6 heteroatoms. The van der Waals surface area contributed by atoms with Crippen LogP contribution in [0, 0.1) is 5.92 Å². The molecule has 122 valence electrons. The number of hydrogen-bond donors (Lipinski definition) is 1. The predicted octanol–water partition coefficient (Wildman–Crippen LogP) is 2.49. The van der Waals surface area contributed by atoms with E-state index in [9.17, 15) is 9.59 Å². The maximum Gasteiger partial charge on any atom is 0.328 e. The average Bonchev–Trinajstić information content (AvgIpc) is 2.56. The molecule has 0 unspecified atom stereocenters. The summed E-state index contributed by atoms with van der Waals surface area (Å²) in [4.78, 5) is 24.7. The number of benzene rings is 1. The van der Waals surface area contributed by atoms with E-state index < -0.39 is 12.0 Å². The lowest BCUT2D eigenvalue weighted by Crippen LogP contribution is -2.46. The Hall–Kier alpha value is -1.69. The fourth-order valence-electron chi connectivity index (χ4n) is 1.83. The van der Waals surface area contributed by atoms with Crippen molar-refractivity contribution in [3.63, 3.8) is 0 Å². The average molecular weight is 325 g/mol. The van der Waals surface area contributed by atoms with Gasteiger partial charge in [-0.3, -0.25) is 4.79 Å². The second-order valence-corrected chi connectivity index (χ2v) is 5.97. The van der Waals surface area contributed by atoms with Gasteiger partial charge in [-0.05, 0) is 30.2 Å². The lowest BCUT2D eigenvalue weighted by Gasteiger charge is -2.21. The number of carbonyl (C=O) groups excluding carboxylic acids is 2. The molecule has 0 aliphatic rings. The van der Waals surface area contributed by atoms with Crippen molar-refractivity contribution >= 4 is 23.6 Å². The molecule has 1 N–H and O–H groups in total. The van der Waals surface area contributed by atoms with Crippen LogP contribution in [0.2, 0.25) is 0 Å². The number of esters is 1. The van der Waals surface area contributed by atoms with E-state index >= 15 is 0 Å². The maximum atomic E-state index is 12.0. The summed E-state index contributed by atoms with van der Waals surface area (Å²) in [6.45, 7) is 3.89. The highest BCUT2D eigenvalue weighted by Gasteiger charge is 2.26. The first kappa shape index (κ1) is 18.4. The quantitative estimate of drug-likeness (QED) is 0.588. The normalized spacial score (nSPS) is 13.1. The SMILES string of the molecule is CC[C@@H](C)[C@@H](NC(=O)CSc1ccc(OC)cc1)C(=O)OC. The number of rotatable bonds is 8. The van der Waals surface area contributed by atoms with Crippen LogP contribution in [0.25, 0.3) is 0 Å². The summed E-state index contributed by atoms with van der Waals surface area (Å²) >= 11 is 1.41. The first-order valence-corrected chi connectivity index (χ1v) is 8.14. The van der Waals surface area contributed by atoms with Gasteiger partial charge in [0.15, 0.2) is 0 Å². The molecule has 0 spiro atoms. The number of nitrogens with one attached hydrogen (secondary N) is 1. The third kappa shape index (κ3) is 5.60. The van der Waals surface area contributed by atoms with Crippen LogP contribution >= 0.6 is 11.8 Å². The topological polar surface area (TPSA) is 64.6 Å². The minimum absolute atomic E-state index is 0.0300. The van der Waals surface area contributed by atoms with Crippen molar-refractivity contribution in [3.8, 4) is 5.75 Å². The molecule has 0 fully saturated rings. The monoisotopic (exact) mass is 325 g/mol. The number of thioether (sulfide) groups is 1. The van der Waals surface area contributed by atoms with Crippen LogP contribution in [-0.4, -0.2) is 37.9 Å². The van der Waals surface area contributed by atoms with E-state index in [1.165, 1.54) is 18.9 Å². The zero-order valence-corrected chi connectivity index (χ0v) is 14.2. The highest BCUT2D eigenvalue weighted by Crippen LogP contribution is 2.21. The summed E-state index contributed by atoms with van der Waals surface area (Å²) < 4.78 is 9.84. The van der Waals surface area contributed by atoms with Gasteiger partial charge in [-0.2, -0.15) is 0 Å². The van der Waals surface area contributed by atoms with E-state index in [-0.39, 0.29) is 17.6 Å². The number of ether oxygens (including phenoxy) is 2. The van der Waals surface area contributed by atoms with Crippen molar-refractivity contribution in [1.29, 1.82) is 0 Å². The molecule has 1 amide bonds. The van der Waals surface area contributed by atoms with Gasteiger partial charge in [0.05, 0.1) is 20.0 Å². The Morgan fingerprint density at radius 3 is 2.36 bits per heavy atom. The first-order valence-electron chi connectivity index (χ1n) is 7.15. The second-order valence-electron chi connectivity index (χ2n) is 4.92. The lowest BCUT2D eigenvalue weighted by molar-refractivity contribution is -0.146. The van der Waals surface area contributed by atoms with Crippen LogP contribution < -0.4 is 10.1 Å². The van der Waals surface area contributed by atoms with E-state index in [1.807, 2.05) is 38.1 Å². The smallest absolute Gasteiger partial charge is 0.328 e. The molecule has 22 heavy (non-hydrogen) atoms. The molecular weight excluding hydrogens is 302 g/mol. The zero-order valence-electron chi connectivity index (χ0n) is 13.4. The van der Waals surface area contributed by atoms with Crippen LogP contribution in [0.15, 0.2) is 29.2 Å². The fraction of sp³-hybridized carbons (Fsp3) is 0.500. The molecule has 1 rings (SSSR count). The molecule has 1 aromatic carbocycles. The van der Waals surface area contributed by atoms with Gasteiger partial charge in [0, 0.05) is 4.90 Å². The Morgan fingerprint density at radius 2 is 1.86 bits per heavy atom. The van der Waals surface area contributed by atoms with Gasteiger partial charge < -0.3 is 14.8 Å². The zero-order chi connectivity index (χ0) is 16.5. The van der Waals surface area contributed by atoms with Crippen molar-refractivity contribution < 1.29 is 19.1 Å². The third-order valence-corrected chi connectivity index (χ3v) is 4.43. The molecule has 0 bridgehead atoms. The van der Waals surface area contributed by atoms with Crippen molar-refractivity contribution in [1.82, 2.24) is 5.32 Å². The Balaban J connectivity index is 2.54. The van der Waals surface area contributed by atoms with E-state index in [0.29, 0.717) is 0 Å². The van der Waals surface area contributed by atoms with Crippen LogP contribution in [0.4, 0.5) is 0 Å². The van der Waals surface area contributed by atoms with Gasteiger partial charge in [-0.15, -0.1) is 11.8 Å². The number of methoxy groups -OCH3 is 2. The fourth-order valence-corrected chi connectivity index (χ4v) is 2.54. The standard InChI is InChI=1S/C16H23NO4S/c1-5-11(2)15(16(19)21-4)17-14(18)10-22-13-8-6-12(20-3)7-9-13/h6-9,11,15H,5,10H2,1-4H3,(H,17,18)/t11-,15-/m1/s1. The van der Waals surface area contributed by atoms with Crippen LogP contribution in [-0.2, 0) is 14.3 Å². The molecule has 2 atom stereocenters. The Labute approximate surface area is 135 Å². The van der Waals surface area contributed by atoms with Crippen molar-refractivity contribution in [3.05, 3.63) is 24.3 Å².